The first-order valence-corrected chi connectivity index (χ1v) is 6.90. The number of carbonyl (C=O) groups is 1. The lowest BCUT2D eigenvalue weighted by molar-refractivity contribution is -0.124. The summed E-state index contributed by atoms with van der Waals surface area (Å²) < 4.78 is 1.86. The molecule has 6 nitrogen and oxygen atoms in total. The van der Waals surface area contributed by atoms with Crippen LogP contribution in [0, 0.1) is 5.92 Å². The topological polar surface area (TPSA) is 85.3 Å². The lowest BCUT2D eigenvalue weighted by Crippen LogP contribution is -2.45. The largest absolute Gasteiger partial charge is 0.345 e. The van der Waals surface area contributed by atoms with Gasteiger partial charge in [-0.15, -0.1) is 10.2 Å². The van der Waals surface area contributed by atoms with Crippen molar-refractivity contribution < 1.29 is 4.79 Å². The Balaban J connectivity index is 2.12. The molecule has 2 rings (SSSR count). The lowest BCUT2D eigenvalue weighted by atomic mass is 9.99. The first-order chi connectivity index (χ1) is 9.54. The molecule has 2 aromatic rings. The van der Waals surface area contributed by atoms with Crippen molar-refractivity contribution in [2.45, 2.75) is 39.3 Å². The van der Waals surface area contributed by atoms with Gasteiger partial charge in [-0.1, -0.05) is 26.3 Å². The number of amides is 1. The fourth-order valence-corrected chi connectivity index (χ4v) is 2.04. The molecule has 0 spiro atoms. The first kappa shape index (κ1) is 14.5. The molecule has 0 aromatic carbocycles. The number of hydrogen-bond acceptors (Lipinski definition) is 4. The Morgan fingerprint density at radius 1 is 1.40 bits per heavy atom. The van der Waals surface area contributed by atoms with Crippen LogP contribution in [0.15, 0.2) is 24.4 Å². The van der Waals surface area contributed by atoms with Gasteiger partial charge < -0.3 is 11.1 Å². The molecule has 1 unspecified atom stereocenters. The molecule has 2 heterocycles. The average molecular weight is 275 g/mol. The van der Waals surface area contributed by atoms with Crippen LogP contribution >= 0.6 is 0 Å². The molecule has 0 radical (unpaired) electrons. The molecule has 0 bridgehead atoms. The predicted molar refractivity (Wildman–Crippen MR) is 77.0 cm³/mol. The molecule has 1 amide bonds. The van der Waals surface area contributed by atoms with Gasteiger partial charge in [0.1, 0.15) is 0 Å². The van der Waals surface area contributed by atoms with Crippen LogP contribution in [-0.4, -0.2) is 26.5 Å². The average Bonchev–Trinajstić information content (AvgIpc) is 2.89. The van der Waals surface area contributed by atoms with Crippen molar-refractivity contribution >= 4 is 11.6 Å². The summed E-state index contributed by atoms with van der Waals surface area (Å²) in [6.45, 7) is 5.87. The SMILES string of the molecule is CC[C@H](C)[C@H](N)C(=O)NC(C)c1nnc2ccccn12. The third-order valence-corrected chi connectivity index (χ3v) is 3.65. The molecule has 0 aliphatic heterocycles. The summed E-state index contributed by atoms with van der Waals surface area (Å²) in [6, 6.07) is 4.93. The number of hydrogen-bond donors (Lipinski definition) is 2. The van der Waals surface area contributed by atoms with Crippen LogP contribution in [0.3, 0.4) is 0 Å². The highest BCUT2D eigenvalue weighted by atomic mass is 16.2. The van der Waals surface area contributed by atoms with Crippen molar-refractivity contribution in [1.82, 2.24) is 19.9 Å². The van der Waals surface area contributed by atoms with E-state index in [-0.39, 0.29) is 17.9 Å². The van der Waals surface area contributed by atoms with Crippen LogP contribution in [0.4, 0.5) is 0 Å². The van der Waals surface area contributed by atoms with Gasteiger partial charge in [0.05, 0.1) is 12.1 Å². The molecule has 108 valence electrons. The van der Waals surface area contributed by atoms with Crippen LogP contribution in [0.2, 0.25) is 0 Å². The second-order valence-electron chi connectivity index (χ2n) is 5.13. The number of pyridine rings is 1. The molecular formula is C14H21N5O. The number of fused-ring (bicyclic) bond motifs is 1. The highest BCUT2D eigenvalue weighted by molar-refractivity contribution is 5.82. The van der Waals surface area contributed by atoms with Crippen molar-refractivity contribution in [3.8, 4) is 0 Å². The van der Waals surface area contributed by atoms with E-state index < -0.39 is 6.04 Å². The third kappa shape index (κ3) is 2.80. The number of nitrogens with two attached hydrogens (primary N) is 1. The maximum Gasteiger partial charge on any atom is 0.237 e. The van der Waals surface area contributed by atoms with E-state index in [1.807, 2.05) is 49.6 Å². The zero-order chi connectivity index (χ0) is 14.7. The van der Waals surface area contributed by atoms with Crippen LogP contribution in [-0.2, 0) is 4.79 Å². The van der Waals surface area contributed by atoms with E-state index in [0.29, 0.717) is 5.82 Å². The number of nitrogens with zero attached hydrogens (tertiary/aromatic N) is 3. The van der Waals surface area contributed by atoms with Gasteiger partial charge in [0.25, 0.3) is 0 Å². The molecule has 2 aromatic heterocycles. The number of rotatable bonds is 5. The Labute approximate surface area is 118 Å². The lowest BCUT2D eigenvalue weighted by Gasteiger charge is -2.20. The van der Waals surface area contributed by atoms with Gasteiger partial charge in [0.15, 0.2) is 11.5 Å². The monoisotopic (exact) mass is 275 g/mol. The van der Waals surface area contributed by atoms with E-state index in [1.165, 1.54) is 0 Å². The highest BCUT2D eigenvalue weighted by Crippen LogP contribution is 2.13. The second-order valence-corrected chi connectivity index (χ2v) is 5.13. The Bertz CT molecular complexity index is 594. The summed E-state index contributed by atoms with van der Waals surface area (Å²) in [7, 11) is 0. The molecule has 0 saturated heterocycles. The van der Waals surface area contributed by atoms with Gasteiger partial charge >= 0.3 is 0 Å². The Hall–Kier alpha value is -1.95. The predicted octanol–water partition coefficient (Wildman–Crippen LogP) is 1.28. The van der Waals surface area contributed by atoms with E-state index in [2.05, 4.69) is 15.5 Å². The number of aromatic nitrogens is 3. The molecular weight excluding hydrogens is 254 g/mol. The van der Waals surface area contributed by atoms with Crippen LogP contribution in [0.25, 0.3) is 5.65 Å². The Kier molecular flexibility index (Phi) is 4.34. The third-order valence-electron chi connectivity index (χ3n) is 3.65. The molecule has 6 heteroatoms. The van der Waals surface area contributed by atoms with Gasteiger partial charge in [-0.05, 0) is 25.0 Å². The van der Waals surface area contributed by atoms with E-state index in [4.69, 9.17) is 5.73 Å². The zero-order valence-corrected chi connectivity index (χ0v) is 12.1. The zero-order valence-electron chi connectivity index (χ0n) is 12.1. The molecule has 3 N–H and O–H groups in total. The van der Waals surface area contributed by atoms with Gasteiger partial charge in [0, 0.05) is 6.20 Å². The Morgan fingerprint density at radius 2 is 2.15 bits per heavy atom. The molecule has 3 atom stereocenters. The van der Waals surface area contributed by atoms with E-state index in [9.17, 15) is 4.79 Å². The molecule has 0 saturated carbocycles. The fourth-order valence-electron chi connectivity index (χ4n) is 2.04. The van der Waals surface area contributed by atoms with Crippen molar-refractivity contribution in [1.29, 1.82) is 0 Å². The summed E-state index contributed by atoms with van der Waals surface area (Å²) in [6.07, 6.45) is 2.75. The number of nitrogens with one attached hydrogen (secondary N) is 1. The maximum absolute atomic E-state index is 12.1. The standard InChI is InChI=1S/C14H21N5O/c1-4-9(2)12(15)14(20)16-10(3)13-18-17-11-7-5-6-8-19(11)13/h5-10,12H,4,15H2,1-3H3,(H,16,20)/t9-,10?,12-/m0/s1. The number of carbonyl (C=O) groups excluding carboxylic acids is 1. The fraction of sp³-hybridized carbons (Fsp3) is 0.500. The van der Waals surface area contributed by atoms with Gasteiger partial charge in [-0.2, -0.15) is 0 Å². The summed E-state index contributed by atoms with van der Waals surface area (Å²) in [5.41, 5.74) is 6.69. The van der Waals surface area contributed by atoms with Crippen molar-refractivity contribution in [2.24, 2.45) is 11.7 Å². The smallest absolute Gasteiger partial charge is 0.237 e. The van der Waals surface area contributed by atoms with E-state index >= 15 is 0 Å². The second kappa shape index (κ2) is 6.00. The maximum atomic E-state index is 12.1. The van der Waals surface area contributed by atoms with Crippen LogP contribution < -0.4 is 11.1 Å². The van der Waals surface area contributed by atoms with Crippen LogP contribution in [0.1, 0.15) is 39.1 Å². The molecule has 20 heavy (non-hydrogen) atoms. The minimum absolute atomic E-state index is 0.150. The molecule has 0 aliphatic rings. The van der Waals surface area contributed by atoms with Gasteiger partial charge in [-0.3, -0.25) is 9.20 Å². The summed E-state index contributed by atoms with van der Waals surface area (Å²) in [5.74, 6) is 0.696. The quantitative estimate of drug-likeness (QED) is 0.860. The normalized spacial score (nSPS) is 15.8. The summed E-state index contributed by atoms with van der Waals surface area (Å²) in [5, 5.41) is 11.1. The first-order valence-electron chi connectivity index (χ1n) is 6.90. The van der Waals surface area contributed by atoms with Gasteiger partial charge in [-0.25, -0.2) is 0 Å². The van der Waals surface area contributed by atoms with Crippen molar-refractivity contribution in [3.05, 3.63) is 30.2 Å². The summed E-state index contributed by atoms with van der Waals surface area (Å²) in [4.78, 5) is 12.1. The van der Waals surface area contributed by atoms with Gasteiger partial charge in [0.2, 0.25) is 5.91 Å². The molecule has 0 fully saturated rings. The molecule has 0 aliphatic carbocycles. The van der Waals surface area contributed by atoms with Crippen LogP contribution in [0.5, 0.6) is 0 Å². The summed E-state index contributed by atoms with van der Waals surface area (Å²) >= 11 is 0. The highest BCUT2D eigenvalue weighted by Gasteiger charge is 2.23. The Morgan fingerprint density at radius 3 is 2.85 bits per heavy atom. The van der Waals surface area contributed by atoms with Crippen molar-refractivity contribution in [2.75, 3.05) is 0 Å². The minimum atomic E-state index is -0.498. The van der Waals surface area contributed by atoms with E-state index in [1.54, 1.807) is 0 Å². The van der Waals surface area contributed by atoms with Crippen molar-refractivity contribution in [3.63, 3.8) is 0 Å². The van der Waals surface area contributed by atoms with E-state index in [0.717, 1.165) is 12.1 Å². The minimum Gasteiger partial charge on any atom is -0.345 e.